The number of benzene rings is 3. The Kier molecular flexibility index (Phi) is 5.72. The maximum atomic E-state index is 12.6. The number of anilines is 1. The number of phenolic OH excluding ortho intramolecular Hbond substituents is 1. The molecule has 30 heavy (non-hydrogen) atoms. The highest BCUT2D eigenvalue weighted by atomic mass is 35.5. The first-order valence-corrected chi connectivity index (χ1v) is 9.72. The molecule has 0 aliphatic rings. The largest absolute Gasteiger partial charge is 0.508 e. The van der Waals surface area contributed by atoms with Gasteiger partial charge in [-0.15, -0.1) is 0 Å². The van der Waals surface area contributed by atoms with Gasteiger partial charge >= 0.3 is 0 Å². The van der Waals surface area contributed by atoms with Crippen molar-refractivity contribution in [3.8, 4) is 28.3 Å². The van der Waals surface area contributed by atoms with Gasteiger partial charge < -0.3 is 10.4 Å². The van der Waals surface area contributed by atoms with E-state index >= 15 is 0 Å². The molecular formula is C24H18ClN3O2. The predicted octanol–water partition coefficient (Wildman–Crippen LogP) is 5.35. The van der Waals surface area contributed by atoms with Crippen LogP contribution in [0.3, 0.4) is 0 Å². The van der Waals surface area contributed by atoms with E-state index in [-0.39, 0.29) is 18.1 Å². The molecule has 0 aliphatic carbocycles. The van der Waals surface area contributed by atoms with Crippen LogP contribution in [0.4, 0.5) is 5.82 Å². The van der Waals surface area contributed by atoms with Crippen LogP contribution in [0.25, 0.3) is 22.5 Å². The van der Waals surface area contributed by atoms with Crippen molar-refractivity contribution in [1.29, 1.82) is 0 Å². The first kappa shape index (κ1) is 19.6. The summed E-state index contributed by atoms with van der Waals surface area (Å²) in [5, 5.41) is 13.1. The number of nitrogens with one attached hydrogen (secondary N) is 1. The number of phenols is 1. The van der Waals surface area contributed by atoms with E-state index in [0.717, 1.165) is 16.7 Å². The Labute approximate surface area is 179 Å². The molecule has 0 aliphatic heterocycles. The third-order valence-corrected chi connectivity index (χ3v) is 4.77. The van der Waals surface area contributed by atoms with Crippen molar-refractivity contribution in [1.82, 2.24) is 9.97 Å². The molecule has 1 heterocycles. The third kappa shape index (κ3) is 4.64. The molecule has 4 rings (SSSR count). The number of carbonyl (C=O) groups is 1. The van der Waals surface area contributed by atoms with Crippen LogP contribution in [0.1, 0.15) is 5.56 Å². The van der Waals surface area contributed by atoms with E-state index in [1.165, 1.54) is 0 Å². The Morgan fingerprint density at radius 2 is 1.60 bits per heavy atom. The highest BCUT2D eigenvalue weighted by molar-refractivity contribution is 6.30. The van der Waals surface area contributed by atoms with E-state index in [0.29, 0.717) is 22.2 Å². The highest BCUT2D eigenvalue weighted by Crippen LogP contribution is 2.29. The number of nitrogens with zero attached hydrogens (tertiary/aromatic N) is 2. The Balaban J connectivity index is 1.66. The lowest BCUT2D eigenvalue weighted by molar-refractivity contribution is -0.115. The van der Waals surface area contributed by atoms with Crippen LogP contribution in [-0.4, -0.2) is 21.0 Å². The lowest BCUT2D eigenvalue weighted by Crippen LogP contribution is -2.16. The van der Waals surface area contributed by atoms with Gasteiger partial charge in [-0.25, -0.2) is 9.97 Å². The fraction of sp³-hybridized carbons (Fsp3) is 0.0417. The Morgan fingerprint density at radius 3 is 2.30 bits per heavy atom. The van der Waals surface area contributed by atoms with Crippen molar-refractivity contribution in [2.45, 2.75) is 6.42 Å². The SMILES string of the molecule is O=C(Cc1ccc(Cl)cc1)Nc1ncc(-c2ccccc2)nc1-c1ccc(O)cc1. The minimum Gasteiger partial charge on any atom is -0.508 e. The second kappa shape index (κ2) is 8.76. The van der Waals surface area contributed by atoms with E-state index in [9.17, 15) is 9.90 Å². The number of aromatic nitrogens is 2. The van der Waals surface area contributed by atoms with Gasteiger partial charge in [0.15, 0.2) is 5.82 Å². The fourth-order valence-electron chi connectivity index (χ4n) is 3.01. The Morgan fingerprint density at radius 1 is 0.900 bits per heavy atom. The topological polar surface area (TPSA) is 75.1 Å². The van der Waals surface area contributed by atoms with Crippen molar-refractivity contribution in [3.63, 3.8) is 0 Å². The Bertz CT molecular complexity index is 1160. The molecule has 0 atom stereocenters. The number of halogens is 1. The molecule has 5 nitrogen and oxygen atoms in total. The first-order valence-electron chi connectivity index (χ1n) is 9.34. The van der Waals surface area contributed by atoms with E-state index in [1.54, 1.807) is 42.6 Å². The summed E-state index contributed by atoms with van der Waals surface area (Å²) in [6, 6.07) is 23.4. The van der Waals surface area contributed by atoms with Gasteiger partial charge in [-0.3, -0.25) is 4.79 Å². The van der Waals surface area contributed by atoms with Crippen LogP contribution in [-0.2, 0) is 11.2 Å². The van der Waals surface area contributed by atoms with Gasteiger partial charge in [-0.1, -0.05) is 54.1 Å². The minimum atomic E-state index is -0.209. The lowest BCUT2D eigenvalue weighted by atomic mass is 10.1. The monoisotopic (exact) mass is 415 g/mol. The quantitative estimate of drug-likeness (QED) is 0.460. The zero-order valence-electron chi connectivity index (χ0n) is 15.9. The first-order chi connectivity index (χ1) is 14.6. The van der Waals surface area contributed by atoms with Crippen molar-refractivity contribution in [2.75, 3.05) is 5.32 Å². The molecule has 0 saturated carbocycles. The molecule has 3 aromatic carbocycles. The molecule has 1 amide bonds. The molecule has 0 fully saturated rings. The normalized spacial score (nSPS) is 10.6. The molecule has 148 valence electrons. The van der Waals surface area contributed by atoms with Crippen molar-refractivity contribution < 1.29 is 9.90 Å². The van der Waals surface area contributed by atoms with Crippen molar-refractivity contribution >= 4 is 23.3 Å². The van der Waals surface area contributed by atoms with Gasteiger partial charge in [0.1, 0.15) is 11.4 Å². The van der Waals surface area contributed by atoms with Crippen molar-refractivity contribution in [2.24, 2.45) is 0 Å². The van der Waals surface area contributed by atoms with Crippen LogP contribution in [0.2, 0.25) is 5.02 Å². The molecule has 0 bridgehead atoms. The summed E-state index contributed by atoms with van der Waals surface area (Å²) >= 11 is 5.91. The standard InChI is InChI=1S/C24H18ClN3O2/c25-19-10-6-16(7-11-19)14-22(30)28-24-23(18-8-12-20(29)13-9-18)27-21(15-26-24)17-4-2-1-3-5-17/h1-13,15,29H,14H2,(H,26,28,30). The van der Waals surface area contributed by atoms with E-state index in [1.807, 2.05) is 42.5 Å². The van der Waals surface area contributed by atoms with Crippen LogP contribution in [0, 0.1) is 0 Å². The number of rotatable bonds is 5. The van der Waals surface area contributed by atoms with Crippen molar-refractivity contribution in [3.05, 3.63) is 95.6 Å². The molecule has 0 spiro atoms. The maximum absolute atomic E-state index is 12.6. The van der Waals surface area contributed by atoms with Crippen LogP contribution in [0.15, 0.2) is 85.1 Å². The molecule has 0 radical (unpaired) electrons. The summed E-state index contributed by atoms with van der Waals surface area (Å²) in [6.07, 6.45) is 1.82. The summed E-state index contributed by atoms with van der Waals surface area (Å²) < 4.78 is 0. The Hall–Kier alpha value is -3.70. The van der Waals surface area contributed by atoms with Crippen LogP contribution >= 0.6 is 11.6 Å². The molecule has 1 aromatic heterocycles. The van der Waals surface area contributed by atoms with Crippen LogP contribution in [0.5, 0.6) is 5.75 Å². The molecule has 0 unspecified atom stereocenters. The van der Waals surface area contributed by atoms with Gasteiger partial charge in [-0.05, 0) is 42.0 Å². The molecule has 0 saturated heterocycles. The highest BCUT2D eigenvalue weighted by Gasteiger charge is 2.14. The second-order valence-electron chi connectivity index (χ2n) is 6.72. The van der Waals surface area contributed by atoms with Crippen LogP contribution < -0.4 is 5.32 Å². The van der Waals surface area contributed by atoms with Gasteiger partial charge in [0, 0.05) is 16.1 Å². The van der Waals surface area contributed by atoms with Gasteiger partial charge in [0.2, 0.25) is 5.91 Å². The molecule has 2 N–H and O–H groups in total. The fourth-order valence-corrected chi connectivity index (χ4v) is 3.14. The zero-order chi connectivity index (χ0) is 20.9. The molecular weight excluding hydrogens is 398 g/mol. The summed E-state index contributed by atoms with van der Waals surface area (Å²) in [5.41, 5.74) is 3.72. The average molecular weight is 416 g/mol. The summed E-state index contributed by atoms with van der Waals surface area (Å²) in [5.74, 6) is 0.303. The second-order valence-corrected chi connectivity index (χ2v) is 7.15. The van der Waals surface area contributed by atoms with Gasteiger partial charge in [0.25, 0.3) is 0 Å². The third-order valence-electron chi connectivity index (χ3n) is 4.52. The zero-order valence-corrected chi connectivity index (χ0v) is 16.7. The van der Waals surface area contributed by atoms with Gasteiger partial charge in [0.05, 0.1) is 18.3 Å². The smallest absolute Gasteiger partial charge is 0.230 e. The van der Waals surface area contributed by atoms with E-state index in [2.05, 4.69) is 10.3 Å². The number of aromatic hydroxyl groups is 1. The minimum absolute atomic E-state index is 0.152. The van der Waals surface area contributed by atoms with E-state index < -0.39 is 0 Å². The number of carbonyl (C=O) groups excluding carboxylic acids is 1. The summed E-state index contributed by atoms with van der Waals surface area (Å²) in [6.45, 7) is 0. The number of amides is 1. The van der Waals surface area contributed by atoms with Gasteiger partial charge in [-0.2, -0.15) is 0 Å². The molecule has 4 aromatic rings. The summed E-state index contributed by atoms with van der Waals surface area (Å²) in [7, 11) is 0. The average Bonchev–Trinajstić information content (AvgIpc) is 2.77. The molecule has 6 heteroatoms. The van der Waals surface area contributed by atoms with E-state index in [4.69, 9.17) is 16.6 Å². The number of hydrogen-bond donors (Lipinski definition) is 2. The lowest BCUT2D eigenvalue weighted by Gasteiger charge is -2.12. The number of hydrogen-bond acceptors (Lipinski definition) is 4. The predicted molar refractivity (Wildman–Crippen MR) is 118 cm³/mol. The summed E-state index contributed by atoms with van der Waals surface area (Å²) in [4.78, 5) is 21.8. The maximum Gasteiger partial charge on any atom is 0.230 e.